The molecule has 2 N–H and O–H groups in total. The monoisotopic (exact) mass is 317 g/mol. The quantitative estimate of drug-likeness (QED) is 0.844. The van der Waals surface area contributed by atoms with Crippen molar-refractivity contribution >= 4 is 34.8 Å². The number of halogens is 4. The van der Waals surface area contributed by atoms with E-state index >= 15 is 0 Å². The summed E-state index contributed by atoms with van der Waals surface area (Å²) in [6.07, 6.45) is 0.313. The van der Waals surface area contributed by atoms with Gasteiger partial charge < -0.3 is 5.73 Å². The number of benzene rings is 2. The molecule has 0 saturated carbocycles. The fourth-order valence-electron chi connectivity index (χ4n) is 1.85. The van der Waals surface area contributed by atoms with Crippen molar-refractivity contribution in [2.24, 2.45) is 5.73 Å². The van der Waals surface area contributed by atoms with Crippen LogP contribution < -0.4 is 5.73 Å². The SMILES string of the molecule is NC(Cc1cc(Cl)ccc1F)c1ccc(Cl)cc1Cl. The predicted octanol–water partition coefficient (Wildman–Crippen LogP) is 5.03. The van der Waals surface area contributed by atoms with Crippen LogP contribution in [0.3, 0.4) is 0 Å². The Morgan fingerprint density at radius 3 is 2.32 bits per heavy atom. The van der Waals surface area contributed by atoms with E-state index in [1.807, 2.05) is 0 Å². The number of hydrogen-bond donors (Lipinski definition) is 1. The van der Waals surface area contributed by atoms with Crippen LogP contribution in [0.15, 0.2) is 36.4 Å². The van der Waals surface area contributed by atoms with Crippen molar-refractivity contribution in [3.05, 3.63) is 68.4 Å². The summed E-state index contributed by atoms with van der Waals surface area (Å²) in [5.41, 5.74) is 7.25. The summed E-state index contributed by atoms with van der Waals surface area (Å²) < 4.78 is 13.6. The van der Waals surface area contributed by atoms with Gasteiger partial charge in [-0.2, -0.15) is 0 Å². The molecular weight excluding hydrogens is 308 g/mol. The first-order valence-corrected chi connectivity index (χ1v) is 6.75. The molecule has 0 aliphatic heterocycles. The Balaban J connectivity index is 2.25. The van der Waals surface area contributed by atoms with E-state index in [0.717, 1.165) is 5.56 Å². The van der Waals surface area contributed by atoms with E-state index in [-0.39, 0.29) is 5.82 Å². The van der Waals surface area contributed by atoms with Crippen molar-refractivity contribution in [2.45, 2.75) is 12.5 Å². The fourth-order valence-corrected chi connectivity index (χ4v) is 2.59. The summed E-state index contributed by atoms with van der Waals surface area (Å²) in [5.74, 6) is -0.329. The van der Waals surface area contributed by atoms with Crippen molar-refractivity contribution in [1.82, 2.24) is 0 Å². The standard InChI is InChI=1S/C14H11Cl3FN/c15-9-2-4-13(18)8(5-9)6-14(19)11-3-1-10(16)7-12(11)17/h1-5,7,14H,6,19H2. The molecule has 2 rings (SSSR count). The lowest BCUT2D eigenvalue weighted by Crippen LogP contribution is -2.14. The largest absolute Gasteiger partial charge is 0.324 e. The normalized spacial score (nSPS) is 12.5. The highest BCUT2D eigenvalue weighted by Gasteiger charge is 2.14. The summed E-state index contributed by atoms with van der Waals surface area (Å²) >= 11 is 17.7. The van der Waals surface area contributed by atoms with E-state index in [1.165, 1.54) is 12.1 Å². The molecule has 0 heterocycles. The average Bonchev–Trinajstić information content (AvgIpc) is 2.33. The summed E-state index contributed by atoms with van der Waals surface area (Å²) in [6, 6.07) is 9.05. The third kappa shape index (κ3) is 3.61. The lowest BCUT2D eigenvalue weighted by Gasteiger charge is -2.14. The minimum Gasteiger partial charge on any atom is -0.324 e. The van der Waals surface area contributed by atoms with Crippen LogP contribution in [0.4, 0.5) is 4.39 Å². The molecular formula is C14H11Cl3FN. The van der Waals surface area contributed by atoms with Crippen LogP contribution in [0.5, 0.6) is 0 Å². The summed E-state index contributed by atoms with van der Waals surface area (Å²) in [5, 5.41) is 1.49. The van der Waals surface area contributed by atoms with Crippen LogP contribution in [0.25, 0.3) is 0 Å². The van der Waals surface area contributed by atoms with E-state index < -0.39 is 6.04 Å². The zero-order chi connectivity index (χ0) is 14.0. The van der Waals surface area contributed by atoms with Gasteiger partial charge in [0.15, 0.2) is 0 Å². The van der Waals surface area contributed by atoms with E-state index in [1.54, 1.807) is 24.3 Å². The van der Waals surface area contributed by atoms with Gasteiger partial charge >= 0.3 is 0 Å². The van der Waals surface area contributed by atoms with Crippen molar-refractivity contribution in [3.8, 4) is 0 Å². The molecule has 100 valence electrons. The van der Waals surface area contributed by atoms with Crippen LogP contribution in [0, 0.1) is 5.82 Å². The molecule has 1 nitrogen and oxygen atoms in total. The zero-order valence-corrected chi connectivity index (χ0v) is 12.1. The van der Waals surface area contributed by atoms with E-state index in [0.29, 0.717) is 27.1 Å². The molecule has 0 aliphatic rings. The summed E-state index contributed by atoms with van der Waals surface area (Å²) in [7, 11) is 0. The molecule has 1 unspecified atom stereocenters. The zero-order valence-electron chi connectivity index (χ0n) is 9.84. The fraction of sp³-hybridized carbons (Fsp3) is 0.143. The molecule has 1 atom stereocenters. The first-order valence-electron chi connectivity index (χ1n) is 5.62. The van der Waals surface area contributed by atoms with Gasteiger partial charge in [-0.05, 0) is 47.9 Å². The van der Waals surface area contributed by atoms with Crippen molar-refractivity contribution in [3.63, 3.8) is 0 Å². The lowest BCUT2D eigenvalue weighted by molar-refractivity contribution is 0.593. The Kier molecular flexibility index (Phi) is 4.69. The van der Waals surface area contributed by atoms with Crippen molar-refractivity contribution in [1.29, 1.82) is 0 Å². The maximum atomic E-state index is 13.6. The Bertz CT molecular complexity index is 601. The van der Waals surface area contributed by atoms with Gasteiger partial charge in [0.1, 0.15) is 5.82 Å². The lowest BCUT2D eigenvalue weighted by atomic mass is 9.99. The number of rotatable bonds is 3. The molecule has 0 aromatic heterocycles. The van der Waals surface area contributed by atoms with Gasteiger partial charge in [0.2, 0.25) is 0 Å². The van der Waals surface area contributed by atoms with E-state index in [2.05, 4.69) is 0 Å². The molecule has 0 radical (unpaired) electrons. The molecule has 2 aromatic rings. The minimum absolute atomic E-state index is 0.313. The van der Waals surface area contributed by atoms with Gasteiger partial charge in [-0.15, -0.1) is 0 Å². The van der Waals surface area contributed by atoms with Gasteiger partial charge in [0.25, 0.3) is 0 Å². The predicted molar refractivity (Wildman–Crippen MR) is 78.5 cm³/mol. The third-order valence-electron chi connectivity index (χ3n) is 2.81. The second-order valence-corrected chi connectivity index (χ2v) is 5.49. The van der Waals surface area contributed by atoms with Crippen LogP contribution >= 0.6 is 34.8 Å². The van der Waals surface area contributed by atoms with Gasteiger partial charge in [0.05, 0.1) is 0 Å². The topological polar surface area (TPSA) is 26.0 Å². The minimum atomic E-state index is -0.419. The molecule has 0 amide bonds. The van der Waals surface area contributed by atoms with Gasteiger partial charge in [-0.1, -0.05) is 40.9 Å². The van der Waals surface area contributed by atoms with Gasteiger partial charge in [0, 0.05) is 21.1 Å². The Morgan fingerprint density at radius 1 is 1.00 bits per heavy atom. The third-order valence-corrected chi connectivity index (χ3v) is 3.61. The second kappa shape index (κ2) is 6.10. The first-order chi connectivity index (χ1) is 8.97. The van der Waals surface area contributed by atoms with Crippen molar-refractivity contribution in [2.75, 3.05) is 0 Å². The number of hydrogen-bond acceptors (Lipinski definition) is 1. The van der Waals surface area contributed by atoms with Crippen molar-refractivity contribution < 1.29 is 4.39 Å². The highest BCUT2D eigenvalue weighted by Crippen LogP contribution is 2.28. The molecule has 0 spiro atoms. The van der Waals surface area contributed by atoms with Crippen LogP contribution in [-0.4, -0.2) is 0 Å². The summed E-state index contributed by atoms with van der Waals surface area (Å²) in [6.45, 7) is 0. The maximum absolute atomic E-state index is 13.6. The molecule has 5 heteroatoms. The molecule has 0 fully saturated rings. The van der Waals surface area contributed by atoms with E-state index in [9.17, 15) is 4.39 Å². The second-order valence-electron chi connectivity index (χ2n) is 4.21. The molecule has 0 aliphatic carbocycles. The summed E-state index contributed by atoms with van der Waals surface area (Å²) in [4.78, 5) is 0. The van der Waals surface area contributed by atoms with Gasteiger partial charge in [-0.3, -0.25) is 0 Å². The van der Waals surface area contributed by atoms with Gasteiger partial charge in [-0.25, -0.2) is 4.39 Å². The molecule has 19 heavy (non-hydrogen) atoms. The van der Waals surface area contributed by atoms with Crippen LogP contribution in [-0.2, 0) is 6.42 Å². The van der Waals surface area contributed by atoms with Crippen LogP contribution in [0.1, 0.15) is 17.2 Å². The maximum Gasteiger partial charge on any atom is 0.126 e. The molecule has 0 bridgehead atoms. The first kappa shape index (κ1) is 14.6. The Labute approximate surface area is 126 Å². The molecule has 2 aromatic carbocycles. The van der Waals surface area contributed by atoms with E-state index in [4.69, 9.17) is 40.5 Å². The highest BCUT2D eigenvalue weighted by atomic mass is 35.5. The van der Waals surface area contributed by atoms with Crippen LogP contribution in [0.2, 0.25) is 15.1 Å². The molecule has 0 saturated heterocycles. The number of nitrogens with two attached hydrogens (primary N) is 1. The Hall–Kier alpha value is -0.800. The smallest absolute Gasteiger partial charge is 0.126 e. The average molecular weight is 319 g/mol. The highest BCUT2D eigenvalue weighted by molar-refractivity contribution is 6.35. The Morgan fingerprint density at radius 2 is 1.63 bits per heavy atom.